The molecule has 6 rings (SSSR count). The Labute approximate surface area is 202 Å². The van der Waals surface area contributed by atoms with E-state index in [-0.39, 0.29) is 18.3 Å². The lowest BCUT2D eigenvalue weighted by Crippen LogP contribution is -2.41. The van der Waals surface area contributed by atoms with Gasteiger partial charge in [-0.2, -0.15) is 0 Å². The van der Waals surface area contributed by atoms with E-state index in [0.717, 1.165) is 18.3 Å². The normalized spacial score (nSPS) is 17.9. The molecule has 3 aromatic carbocycles. The minimum Gasteiger partial charge on any atom is -0.399 e. The van der Waals surface area contributed by atoms with Crippen molar-refractivity contribution in [3.05, 3.63) is 96.3 Å². The summed E-state index contributed by atoms with van der Waals surface area (Å²) in [4.78, 5) is 0. The second kappa shape index (κ2) is 7.73. The first-order valence-corrected chi connectivity index (χ1v) is 12.2. The minimum atomic E-state index is -0.371. The van der Waals surface area contributed by atoms with Crippen molar-refractivity contribution in [2.24, 2.45) is 0 Å². The summed E-state index contributed by atoms with van der Waals surface area (Å²) in [6.07, 6.45) is 4.40. The summed E-state index contributed by atoms with van der Waals surface area (Å²) in [6, 6.07) is 28.2. The van der Waals surface area contributed by atoms with Crippen molar-refractivity contribution in [1.29, 1.82) is 0 Å². The fourth-order valence-electron chi connectivity index (χ4n) is 5.20. The maximum absolute atomic E-state index is 6.36. The van der Waals surface area contributed by atoms with E-state index in [9.17, 15) is 0 Å². The van der Waals surface area contributed by atoms with E-state index in [0.29, 0.717) is 0 Å². The van der Waals surface area contributed by atoms with E-state index in [1.807, 2.05) is 0 Å². The van der Waals surface area contributed by atoms with Crippen LogP contribution in [0, 0.1) is 0 Å². The molecule has 1 aliphatic carbocycles. The van der Waals surface area contributed by atoms with Crippen LogP contribution in [0.3, 0.4) is 0 Å². The molecule has 0 N–H and O–H groups in total. The first-order valence-electron chi connectivity index (χ1n) is 12.2. The van der Waals surface area contributed by atoms with Gasteiger partial charge in [0.15, 0.2) is 0 Å². The molecule has 0 radical (unpaired) electrons. The summed E-state index contributed by atoms with van der Waals surface area (Å²) < 4.78 is 15.1. The molecule has 170 valence electrons. The zero-order chi connectivity index (χ0) is 23.5. The van der Waals surface area contributed by atoms with Crippen molar-refractivity contribution < 1.29 is 9.31 Å². The highest BCUT2D eigenvalue weighted by Gasteiger charge is 2.51. The molecule has 0 amide bonds. The summed E-state index contributed by atoms with van der Waals surface area (Å²) in [5.41, 5.74) is 9.47. The standard InChI is InChI=1S/C30H30BNO2/c1-29(2)30(3,4)34-31(33-29)23-13-10-12-22(19-23)26-20-32(24-14-6-5-7-15-24)27-18-17-21-11-8-9-16-25(21)28(26)27/h5-16,19-20H,17-18H2,1-4H3. The number of benzene rings is 3. The number of hydrogen-bond donors (Lipinski definition) is 0. The number of fused-ring (bicyclic) bond motifs is 3. The average Bonchev–Trinajstić information content (AvgIpc) is 3.34. The molecule has 3 nitrogen and oxygen atoms in total. The Kier molecular flexibility index (Phi) is 4.88. The number of aryl methyl sites for hydroxylation is 1. The molecule has 34 heavy (non-hydrogen) atoms. The molecular weight excluding hydrogens is 417 g/mol. The number of hydrogen-bond acceptors (Lipinski definition) is 2. The number of nitrogens with zero attached hydrogens (tertiary/aromatic N) is 1. The monoisotopic (exact) mass is 447 g/mol. The van der Waals surface area contributed by atoms with Crippen LogP contribution in [-0.4, -0.2) is 22.9 Å². The molecule has 4 aromatic rings. The zero-order valence-corrected chi connectivity index (χ0v) is 20.3. The highest BCUT2D eigenvalue weighted by Crippen LogP contribution is 2.43. The van der Waals surface area contributed by atoms with Crippen molar-refractivity contribution in [1.82, 2.24) is 4.57 Å². The third-order valence-corrected chi connectivity index (χ3v) is 7.78. The molecule has 0 saturated carbocycles. The first-order chi connectivity index (χ1) is 16.3. The van der Waals surface area contributed by atoms with E-state index in [1.165, 1.54) is 39.2 Å². The smallest absolute Gasteiger partial charge is 0.399 e. The van der Waals surface area contributed by atoms with Gasteiger partial charge in [-0.15, -0.1) is 0 Å². The maximum atomic E-state index is 6.36. The van der Waals surface area contributed by atoms with Crippen molar-refractivity contribution in [2.45, 2.75) is 51.7 Å². The third kappa shape index (κ3) is 3.36. The number of aromatic nitrogens is 1. The largest absolute Gasteiger partial charge is 0.494 e. The van der Waals surface area contributed by atoms with Crippen LogP contribution in [-0.2, 0) is 22.2 Å². The van der Waals surface area contributed by atoms with E-state index in [1.54, 1.807) is 0 Å². The van der Waals surface area contributed by atoms with Gasteiger partial charge in [0.25, 0.3) is 0 Å². The van der Waals surface area contributed by atoms with Crippen molar-refractivity contribution in [3.63, 3.8) is 0 Å². The topological polar surface area (TPSA) is 23.4 Å². The predicted octanol–water partition coefficient (Wildman–Crippen LogP) is 6.21. The van der Waals surface area contributed by atoms with Crippen LogP contribution in [0.15, 0.2) is 85.1 Å². The average molecular weight is 447 g/mol. The molecule has 0 unspecified atom stereocenters. The van der Waals surface area contributed by atoms with Crippen molar-refractivity contribution in [3.8, 4) is 27.9 Å². The first kappa shape index (κ1) is 21.5. The molecule has 0 spiro atoms. The second-order valence-corrected chi connectivity index (χ2v) is 10.4. The Morgan fingerprint density at radius 2 is 1.44 bits per heavy atom. The van der Waals surface area contributed by atoms with E-state index >= 15 is 0 Å². The highest BCUT2D eigenvalue weighted by molar-refractivity contribution is 6.62. The van der Waals surface area contributed by atoms with Crippen molar-refractivity contribution in [2.75, 3.05) is 0 Å². The van der Waals surface area contributed by atoms with Gasteiger partial charge in [-0.1, -0.05) is 66.7 Å². The molecule has 1 fully saturated rings. The molecule has 0 atom stereocenters. The highest BCUT2D eigenvalue weighted by atomic mass is 16.7. The lowest BCUT2D eigenvalue weighted by atomic mass is 9.77. The fourth-order valence-corrected chi connectivity index (χ4v) is 5.20. The van der Waals surface area contributed by atoms with Crippen LogP contribution < -0.4 is 5.46 Å². The van der Waals surface area contributed by atoms with Gasteiger partial charge in [0.05, 0.1) is 11.2 Å². The molecule has 1 saturated heterocycles. The quantitative estimate of drug-likeness (QED) is 0.349. The SMILES string of the molecule is CC1(C)OB(c2cccc(-c3cn(-c4ccccc4)c4c3-c3ccccc3CC4)c2)OC1(C)C. The molecule has 2 heterocycles. The van der Waals surface area contributed by atoms with E-state index in [4.69, 9.17) is 9.31 Å². The Balaban J connectivity index is 1.50. The number of rotatable bonds is 3. The van der Waals surface area contributed by atoms with Crippen LogP contribution in [0.25, 0.3) is 27.9 Å². The van der Waals surface area contributed by atoms with Crippen LogP contribution in [0.2, 0.25) is 0 Å². The van der Waals surface area contributed by atoms with Gasteiger partial charge in [0.1, 0.15) is 0 Å². The summed E-state index contributed by atoms with van der Waals surface area (Å²) in [5.74, 6) is 0. The lowest BCUT2D eigenvalue weighted by molar-refractivity contribution is 0.00578. The molecule has 1 aliphatic heterocycles. The maximum Gasteiger partial charge on any atom is 0.494 e. The lowest BCUT2D eigenvalue weighted by Gasteiger charge is -2.32. The third-order valence-electron chi connectivity index (χ3n) is 7.78. The Bertz CT molecular complexity index is 1350. The Morgan fingerprint density at radius 3 is 2.21 bits per heavy atom. The summed E-state index contributed by atoms with van der Waals surface area (Å²) in [6.45, 7) is 8.41. The van der Waals surface area contributed by atoms with Crippen LogP contribution in [0.4, 0.5) is 0 Å². The zero-order valence-electron chi connectivity index (χ0n) is 20.3. The van der Waals surface area contributed by atoms with Gasteiger partial charge in [0.2, 0.25) is 0 Å². The second-order valence-electron chi connectivity index (χ2n) is 10.4. The van der Waals surface area contributed by atoms with E-state index in [2.05, 4.69) is 117 Å². The summed E-state index contributed by atoms with van der Waals surface area (Å²) in [5, 5.41) is 0. The molecule has 1 aromatic heterocycles. The van der Waals surface area contributed by atoms with Crippen molar-refractivity contribution >= 4 is 12.6 Å². The molecule has 4 heteroatoms. The molecular formula is C30H30BNO2. The van der Waals surface area contributed by atoms with Gasteiger partial charge in [-0.3, -0.25) is 0 Å². The van der Waals surface area contributed by atoms with Gasteiger partial charge in [0, 0.05) is 28.7 Å². The minimum absolute atomic E-state index is 0.359. The molecule has 2 aliphatic rings. The van der Waals surface area contributed by atoms with Gasteiger partial charge in [-0.05, 0) is 74.8 Å². The molecule has 0 bridgehead atoms. The summed E-state index contributed by atoms with van der Waals surface area (Å²) >= 11 is 0. The van der Waals surface area contributed by atoms with Crippen LogP contribution >= 0.6 is 0 Å². The van der Waals surface area contributed by atoms with Gasteiger partial charge in [-0.25, -0.2) is 0 Å². The predicted molar refractivity (Wildman–Crippen MR) is 140 cm³/mol. The van der Waals surface area contributed by atoms with E-state index < -0.39 is 0 Å². The van der Waals surface area contributed by atoms with Gasteiger partial charge >= 0.3 is 7.12 Å². The van der Waals surface area contributed by atoms with Crippen LogP contribution in [0.1, 0.15) is 39.0 Å². The Morgan fingerprint density at radius 1 is 0.735 bits per heavy atom. The van der Waals surface area contributed by atoms with Gasteiger partial charge < -0.3 is 13.9 Å². The Hall–Kier alpha value is -3.08. The number of para-hydroxylation sites is 1. The fraction of sp³-hybridized carbons (Fsp3) is 0.267. The van der Waals surface area contributed by atoms with Crippen LogP contribution in [0.5, 0.6) is 0 Å². The summed E-state index contributed by atoms with van der Waals surface area (Å²) in [7, 11) is -0.371.